The highest BCUT2D eigenvalue weighted by Crippen LogP contribution is 2.15. The highest BCUT2D eigenvalue weighted by atomic mass is 16.4. The summed E-state index contributed by atoms with van der Waals surface area (Å²) in [5.41, 5.74) is 1.36. The van der Waals surface area contributed by atoms with E-state index >= 15 is 0 Å². The van der Waals surface area contributed by atoms with Gasteiger partial charge in [0.1, 0.15) is 0 Å². The van der Waals surface area contributed by atoms with Gasteiger partial charge in [-0.15, -0.1) is 0 Å². The van der Waals surface area contributed by atoms with Crippen molar-refractivity contribution in [3.63, 3.8) is 0 Å². The van der Waals surface area contributed by atoms with E-state index in [2.05, 4.69) is 56.0 Å². The lowest BCUT2D eigenvalue weighted by Gasteiger charge is -2.26. The summed E-state index contributed by atoms with van der Waals surface area (Å²) in [6.45, 7) is 10.2. The molecule has 0 fully saturated rings. The van der Waals surface area contributed by atoms with Crippen LogP contribution >= 0.6 is 0 Å². The number of unbranched alkanes of at least 4 members (excludes halogenated alkanes) is 1. The molecule has 0 heterocycles. The summed E-state index contributed by atoms with van der Waals surface area (Å²) in [5, 5.41) is 7.42. The number of hydrogen-bond donors (Lipinski definition) is 1. The van der Waals surface area contributed by atoms with Gasteiger partial charge in [-0.25, -0.2) is 0 Å². The molecule has 0 bridgehead atoms. The summed E-state index contributed by atoms with van der Waals surface area (Å²) < 4.78 is 0. The third-order valence-electron chi connectivity index (χ3n) is 2.49. The van der Waals surface area contributed by atoms with Crippen molar-refractivity contribution in [3.05, 3.63) is 30.3 Å². The first kappa shape index (κ1) is 17.5. The molecule has 1 aromatic carbocycles. The summed E-state index contributed by atoms with van der Waals surface area (Å²) in [5.74, 6) is -0.109. The largest absolute Gasteiger partial charge is 0.481 e. The van der Waals surface area contributed by atoms with Crippen molar-refractivity contribution in [1.29, 1.82) is 0 Å². The summed E-state index contributed by atoms with van der Waals surface area (Å²) >= 11 is 0. The first-order valence-electron chi connectivity index (χ1n) is 6.96. The van der Waals surface area contributed by atoms with Crippen LogP contribution in [0, 0.1) is 5.92 Å². The van der Waals surface area contributed by atoms with Crippen LogP contribution in [-0.2, 0) is 4.79 Å². The molecule has 0 saturated heterocycles. The van der Waals surface area contributed by atoms with Crippen LogP contribution < -0.4 is 4.90 Å². The molecule has 108 valence electrons. The molecule has 0 atom stereocenters. The third kappa shape index (κ3) is 10.1. The van der Waals surface area contributed by atoms with Gasteiger partial charge < -0.3 is 10.0 Å². The monoisotopic (exact) mass is 265 g/mol. The Balaban J connectivity index is 0.000000711. The Morgan fingerprint density at radius 1 is 1.26 bits per heavy atom. The number of carbonyl (C=O) groups is 1. The minimum atomic E-state index is -0.833. The van der Waals surface area contributed by atoms with E-state index in [1.165, 1.54) is 25.1 Å². The van der Waals surface area contributed by atoms with E-state index in [4.69, 9.17) is 9.90 Å². The third-order valence-corrected chi connectivity index (χ3v) is 2.49. The molecule has 1 aromatic rings. The van der Waals surface area contributed by atoms with E-state index in [0.29, 0.717) is 0 Å². The highest BCUT2D eigenvalue weighted by molar-refractivity contribution is 5.62. The van der Waals surface area contributed by atoms with E-state index in [9.17, 15) is 0 Å². The lowest BCUT2D eigenvalue weighted by molar-refractivity contribution is -0.134. The number of aliphatic carboxylic acids is 1. The SMILES string of the molecule is CC(=O)O.CCCCN(CC(C)C)c1ccccc1. The van der Waals surface area contributed by atoms with Gasteiger partial charge >= 0.3 is 0 Å². The fourth-order valence-corrected chi connectivity index (χ4v) is 1.75. The van der Waals surface area contributed by atoms with Gasteiger partial charge in [0.25, 0.3) is 5.97 Å². The van der Waals surface area contributed by atoms with Crippen LogP contribution in [0.5, 0.6) is 0 Å². The number of benzene rings is 1. The molecule has 0 aliphatic carbocycles. The lowest BCUT2D eigenvalue weighted by Crippen LogP contribution is -2.28. The Kier molecular flexibility index (Phi) is 9.59. The van der Waals surface area contributed by atoms with Crippen molar-refractivity contribution in [2.75, 3.05) is 18.0 Å². The molecule has 0 aliphatic heterocycles. The van der Waals surface area contributed by atoms with E-state index < -0.39 is 5.97 Å². The number of anilines is 1. The van der Waals surface area contributed by atoms with E-state index in [1.807, 2.05) is 0 Å². The number of para-hydroxylation sites is 1. The molecule has 0 amide bonds. The van der Waals surface area contributed by atoms with Crippen molar-refractivity contribution >= 4 is 11.7 Å². The molecule has 0 radical (unpaired) electrons. The molecular formula is C16H27NO2. The molecular weight excluding hydrogens is 238 g/mol. The predicted octanol–water partition coefficient (Wildman–Crippen LogP) is 4.04. The minimum Gasteiger partial charge on any atom is -0.481 e. The Labute approximate surface area is 117 Å². The van der Waals surface area contributed by atoms with Gasteiger partial charge in [0.2, 0.25) is 0 Å². The van der Waals surface area contributed by atoms with Crippen LogP contribution in [0.25, 0.3) is 0 Å². The molecule has 19 heavy (non-hydrogen) atoms. The van der Waals surface area contributed by atoms with E-state index in [0.717, 1.165) is 19.4 Å². The normalized spacial score (nSPS) is 9.74. The van der Waals surface area contributed by atoms with Crippen LogP contribution in [0.15, 0.2) is 30.3 Å². The van der Waals surface area contributed by atoms with Crippen molar-refractivity contribution in [3.8, 4) is 0 Å². The van der Waals surface area contributed by atoms with Crippen molar-refractivity contribution in [1.82, 2.24) is 0 Å². The van der Waals surface area contributed by atoms with Crippen LogP contribution in [0.3, 0.4) is 0 Å². The van der Waals surface area contributed by atoms with E-state index in [1.54, 1.807) is 0 Å². The van der Waals surface area contributed by atoms with Crippen LogP contribution in [-0.4, -0.2) is 24.2 Å². The minimum absolute atomic E-state index is 0.724. The van der Waals surface area contributed by atoms with Gasteiger partial charge in [-0.05, 0) is 24.5 Å². The maximum absolute atomic E-state index is 9.00. The van der Waals surface area contributed by atoms with Gasteiger partial charge in [0.15, 0.2) is 0 Å². The molecule has 0 aliphatic rings. The lowest BCUT2D eigenvalue weighted by atomic mass is 10.1. The second-order valence-corrected chi connectivity index (χ2v) is 5.05. The van der Waals surface area contributed by atoms with Gasteiger partial charge in [-0.1, -0.05) is 45.4 Å². The predicted molar refractivity (Wildman–Crippen MR) is 81.7 cm³/mol. The zero-order valence-electron chi connectivity index (χ0n) is 12.6. The Morgan fingerprint density at radius 2 is 1.79 bits per heavy atom. The van der Waals surface area contributed by atoms with Crippen molar-refractivity contribution < 1.29 is 9.90 Å². The topological polar surface area (TPSA) is 40.5 Å². The van der Waals surface area contributed by atoms with Gasteiger partial charge in [-0.2, -0.15) is 0 Å². The average Bonchev–Trinajstić information content (AvgIpc) is 2.34. The zero-order valence-corrected chi connectivity index (χ0v) is 12.6. The number of nitrogens with zero attached hydrogens (tertiary/aromatic N) is 1. The number of carboxylic acids is 1. The molecule has 1 rings (SSSR count). The number of hydrogen-bond acceptors (Lipinski definition) is 2. The molecule has 3 heteroatoms. The van der Waals surface area contributed by atoms with Crippen LogP contribution in [0.1, 0.15) is 40.5 Å². The van der Waals surface area contributed by atoms with Crippen LogP contribution in [0.4, 0.5) is 5.69 Å². The number of carboxylic acid groups (broad SMARTS) is 1. The second kappa shape index (κ2) is 10.4. The number of rotatable bonds is 6. The maximum Gasteiger partial charge on any atom is 0.300 e. The molecule has 0 spiro atoms. The van der Waals surface area contributed by atoms with Gasteiger partial charge in [-0.3, -0.25) is 4.79 Å². The van der Waals surface area contributed by atoms with E-state index in [-0.39, 0.29) is 0 Å². The van der Waals surface area contributed by atoms with Gasteiger partial charge in [0.05, 0.1) is 0 Å². The molecule has 0 unspecified atom stereocenters. The first-order valence-corrected chi connectivity index (χ1v) is 6.96. The summed E-state index contributed by atoms with van der Waals surface area (Å²) in [6.07, 6.45) is 2.54. The average molecular weight is 265 g/mol. The standard InChI is InChI=1S/C14H23N.C2H4O2/c1-4-5-11-15(12-13(2)3)14-9-7-6-8-10-14;1-2(3)4/h6-10,13H,4-5,11-12H2,1-3H3;1H3,(H,3,4). The molecule has 1 N–H and O–H groups in total. The van der Waals surface area contributed by atoms with Gasteiger partial charge in [0, 0.05) is 25.7 Å². The van der Waals surface area contributed by atoms with Crippen LogP contribution in [0.2, 0.25) is 0 Å². The smallest absolute Gasteiger partial charge is 0.300 e. The fourth-order valence-electron chi connectivity index (χ4n) is 1.75. The quantitative estimate of drug-likeness (QED) is 0.844. The Bertz CT molecular complexity index is 332. The summed E-state index contributed by atoms with van der Waals surface area (Å²) in [7, 11) is 0. The first-order chi connectivity index (χ1) is 8.97. The van der Waals surface area contributed by atoms with Crippen molar-refractivity contribution in [2.45, 2.75) is 40.5 Å². The van der Waals surface area contributed by atoms with Crippen molar-refractivity contribution in [2.24, 2.45) is 5.92 Å². The molecule has 0 saturated carbocycles. The second-order valence-electron chi connectivity index (χ2n) is 5.05. The molecule has 3 nitrogen and oxygen atoms in total. The summed E-state index contributed by atoms with van der Waals surface area (Å²) in [6, 6.07) is 10.7. The maximum atomic E-state index is 9.00. The zero-order chi connectivity index (χ0) is 14.7. The molecule has 0 aromatic heterocycles. The fraction of sp³-hybridized carbons (Fsp3) is 0.562. The Morgan fingerprint density at radius 3 is 2.21 bits per heavy atom. The highest BCUT2D eigenvalue weighted by Gasteiger charge is 2.06. The summed E-state index contributed by atoms with van der Waals surface area (Å²) in [4.78, 5) is 11.5. The Hall–Kier alpha value is -1.51.